The molecule has 2 heterocycles. The van der Waals surface area contributed by atoms with Gasteiger partial charge in [0.15, 0.2) is 11.5 Å². The number of rotatable bonds is 6. The fourth-order valence-electron chi connectivity index (χ4n) is 3.29. The van der Waals surface area contributed by atoms with Crippen LogP contribution in [0, 0.1) is 5.92 Å². The summed E-state index contributed by atoms with van der Waals surface area (Å²) in [6.07, 6.45) is 2.33. The predicted molar refractivity (Wildman–Crippen MR) is 92.0 cm³/mol. The lowest BCUT2D eigenvalue weighted by Gasteiger charge is -2.19. The highest BCUT2D eigenvalue weighted by Gasteiger charge is 2.35. The third-order valence-electron chi connectivity index (χ3n) is 4.70. The first-order valence-corrected chi connectivity index (χ1v) is 8.54. The molecule has 2 fully saturated rings. The highest BCUT2D eigenvalue weighted by molar-refractivity contribution is 6.00. The van der Waals surface area contributed by atoms with Crippen molar-refractivity contribution in [1.29, 1.82) is 0 Å². The van der Waals surface area contributed by atoms with Crippen LogP contribution in [0.15, 0.2) is 18.2 Å². The molecule has 2 aliphatic heterocycles. The van der Waals surface area contributed by atoms with Crippen molar-refractivity contribution in [1.82, 2.24) is 5.32 Å². The Labute approximate surface area is 147 Å². The molecule has 2 atom stereocenters. The van der Waals surface area contributed by atoms with Gasteiger partial charge < -0.3 is 24.4 Å². The van der Waals surface area contributed by atoms with Crippen molar-refractivity contribution < 1.29 is 23.8 Å². The summed E-state index contributed by atoms with van der Waals surface area (Å²) in [5.41, 5.74) is 0.706. The van der Waals surface area contributed by atoms with E-state index in [0.29, 0.717) is 30.3 Å². The summed E-state index contributed by atoms with van der Waals surface area (Å²) < 4.78 is 16.0. The number of anilines is 1. The number of carbonyl (C=O) groups excluding carboxylic acids is 2. The molecule has 1 N–H and O–H groups in total. The first-order valence-electron chi connectivity index (χ1n) is 8.54. The van der Waals surface area contributed by atoms with Crippen molar-refractivity contribution in [2.75, 3.05) is 38.8 Å². The van der Waals surface area contributed by atoms with Gasteiger partial charge in [0.25, 0.3) is 0 Å². The standard InChI is InChI=1S/C18H24N2O5/c1-23-15-6-5-13(9-16(15)24-2)20-11-12(8-17(20)21)18(22)19-10-14-4-3-7-25-14/h5-6,9,12,14H,3-4,7-8,10-11H2,1-2H3,(H,19,22). The van der Waals surface area contributed by atoms with Crippen LogP contribution >= 0.6 is 0 Å². The second-order valence-electron chi connectivity index (χ2n) is 6.32. The maximum Gasteiger partial charge on any atom is 0.227 e. The Balaban J connectivity index is 1.62. The summed E-state index contributed by atoms with van der Waals surface area (Å²) in [5.74, 6) is 0.654. The SMILES string of the molecule is COc1ccc(N2CC(C(=O)NCC3CCCO3)CC2=O)cc1OC. The van der Waals surface area contributed by atoms with Crippen LogP contribution in [0.25, 0.3) is 0 Å². The van der Waals surface area contributed by atoms with Gasteiger partial charge in [0, 0.05) is 37.9 Å². The lowest BCUT2D eigenvalue weighted by atomic mass is 10.1. The minimum Gasteiger partial charge on any atom is -0.493 e. The number of carbonyl (C=O) groups is 2. The quantitative estimate of drug-likeness (QED) is 0.840. The molecule has 2 saturated heterocycles. The number of nitrogens with zero attached hydrogens (tertiary/aromatic N) is 1. The van der Waals surface area contributed by atoms with Crippen LogP contribution in [0.3, 0.4) is 0 Å². The Morgan fingerprint density at radius 2 is 2.12 bits per heavy atom. The lowest BCUT2D eigenvalue weighted by molar-refractivity contribution is -0.126. The second kappa shape index (κ2) is 7.74. The Hall–Kier alpha value is -2.28. The minimum absolute atomic E-state index is 0.0653. The van der Waals surface area contributed by atoms with E-state index in [4.69, 9.17) is 14.2 Å². The molecule has 3 rings (SSSR count). The molecular formula is C18H24N2O5. The molecule has 0 saturated carbocycles. The molecule has 0 aliphatic carbocycles. The normalized spacial score (nSPS) is 23.0. The molecule has 7 heteroatoms. The molecule has 2 aliphatic rings. The van der Waals surface area contributed by atoms with E-state index in [2.05, 4.69) is 5.32 Å². The summed E-state index contributed by atoms with van der Waals surface area (Å²) in [6.45, 7) is 1.64. The largest absolute Gasteiger partial charge is 0.493 e. The molecule has 136 valence electrons. The van der Waals surface area contributed by atoms with E-state index in [1.165, 1.54) is 0 Å². The molecule has 0 radical (unpaired) electrons. The van der Waals surface area contributed by atoms with Crippen LogP contribution in [0.5, 0.6) is 11.5 Å². The van der Waals surface area contributed by atoms with E-state index in [0.717, 1.165) is 19.4 Å². The molecule has 0 spiro atoms. The van der Waals surface area contributed by atoms with Crippen molar-refractivity contribution in [3.63, 3.8) is 0 Å². The van der Waals surface area contributed by atoms with Crippen LogP contribution in [-0.2, 0) is 14.3 Å². The number of ether oxygens (including phenoxy) is 3. The zero-order valence-corrected chi connectivity index (χ0v) is 14.6. The summed E-state index contributed by atoms with van der Waals surface area (Å²) in [6, 6.07) is 5.31. The van der Waals surface area contributed by atoms with Crippen LogP contribution in [0.1, 0.15) is 19.3 Å². The highest BCUT2D eigenvalue weighted by atomic mass is 16.5. The van der Waals surface area contributed by atoms with E-state index < -0.39 is 0 Å². The van der Waals surface area contributed by atoms with Crippen LogP contribution < -0.4 is 19.7 Å². The molecule has 0 bridgehead atoms. The fourth-order valence-corrected chi connectivity index (χ4v) is 3.29. The van der Waals surface area contributed by atoms with Gasteiger partial charge in [-0.15, -0.1) is 0 Å². The predicted octanol–water partition coefficient (Wildman–Crippen LogP) is 1.35. The number of nitrogens with one attached hydrogen (secondary N) is 1. The van der Waals surface area contributed by atoms with Gasteiger partial charge in [-0.25, -0.2) is 0 Å². The molecule has 25 heavy (non-hydrogen) atoms. The molecule has 2 amide bonds. The van der Waals surface area contributed by atoms with Crippen LogP contribution in [0.2, 0.25) is 0 Å². The highest BCUT2D eigenvalue weighted by Crippen LogP contribution is 2.34. The molecule has 7 nitrogen and oxygen atoms in total. The number of benzene rings is 1. The average molecular weight is 348 g/mol. The van der Waals surface area contributed by atoms with Gasteiger partial charge in [0.2, 0.25) is 11.8 Å². The molecule has 0 aromatic heterocycles. The summed E-state index contributed by atoms with van der Waals surface area (Å²) in [7, 11) is 3.11. The maximum atomic E-state index is 12.4. The first-order chi connectivity index (χ1) is 12.1. The van der Waals surface area contributed by atoms with Crippen LogP contribution in [0.4, 0.5) is 5.69 Å². The maximum absolute atomic E-state index is 12.4. The van der Waals surface area contributed by atoms with Gasteiger partial charge >= 0.3 is 0 Å². The van der Waals surface area contributed by atoms with E-state index in [1.807, 2.05) is 0 Å². The number of amides is 2. The Morgan fingerprint density at radius 1 is 1.32 bits per heavy atom. The van der Waals surface area contributed by atoms with Crippen LogP contribution in [-0.4, -0.2) is 51.8 Å². The fraction of sp³-hybridized carbons (Fsp3) is 0.556. The summed E-state index contributed by atoms with van der Waals surface area (Å²) in [4.78, 5) is 26.3. The third-order valence-corrected chi connectivity index (χ3v) is 4.70. The zero-order chi connectivity index (χ0) is 17.8. The minimum atomic E-state index is -0.345. The lowest BCUT2D eigenvalue weighted by Crippen LogP contribution is -2.37. The molecule has 2 unspecified atom stereocenters. The van der Waals surface area contributed by atoms with Crippen molar-refractivity contribution in [3.8, 4) is 11.5 Å². The topological polar surface area (TPSA) is 77.1 Å². The smallest absolute Gasteiger partial charge is 0.227 e. The van der Waals surface area contributed by atoms with E-state index in [1.54, 1.807) is 37.3 Å². The van der Waals surface area contributed by atoms with E-state index in [9.17, 15) is 9.59 Å². The first kappa shape index (κ1) is 17.5. The Bertz CT molecular complexity index is 642. The van der Waals surface area contributed by atoms with Crippen molar-refractivity contribution in [2.24, 2.45) is 5.92 Å². The molecule has 1 aromatic carbocycles. The molecular weight excluding hydrogens is 324 g/mol. The average Bonchev–Trinajstić information content (AvgIpc) is 3.28. The number of methoxy groups -OCH3 is 2. The van der Waals surface area contributed by atoms with E-state index >= 15 is 0 Å². The summed E-state index contributed by atoms with van der Waals surface area (Å²) in [5, 5.41) is 2.91. The molecule has 1 aromatic rings. The monoisotopic (exact) mass is 348 g/mol. The van der Waals surface area contributed by atoms with Gasteiger partial charge in [-0.3, -0.25) is 9.59 Å². The second-order valence-corrected chi connectivity index (χ2v) is 6.32. The Morgan fingerprint density at radius 3 is 2.80 bits per heavy atom. The van der Waals surface area contributed by atoms with Gasteiger partial charge in [-0.05, 0) is 25.0 Å². The van der Waals surface area contributed by atoms with Gasteiger partial charge in [0.1, 0.15) is 0 Å². The Kier molecular flexibility index (Phi) is 5.43. The van der Waals surface area contributed by atoms with Crippen molar-refractivity contribution >= 4 is 17.5 Å². The third kappa shape index (κ3) is 3.87. The number of hydrogen-bond acceptors (Lipinski definition) is 5. The van der Waals surface area contributed by atoms with Gasteiger partial charge in [-0.2, -0.15) is 0 Å². The van der Waals surface area contributed by atoms with Gasteiger partial charge in [-0.1, -0.05) is 0 Å². The zero-order valence-electron chi connectivity index (χ0n) is 14.6. The summed E-state index contributed by atoms with van der Waals surface area (Å²) >= 11 is 0. The van der Waals surface area contributed by atoms with E-state index in [-0.39, 0.29) is 30.3 Å². The van der Waals surface area contributed by atoms with Crippen molar-refractivity contribution in [2.45, 2.75) is 25.4 Å². The van der Waals surface area contributed by atoms with Crippen molar-refractivity contribution in [3.05, 3.63) is 18.2 Å². The number of hydrogen-bond donors (Lipinski definition) is 1. The van der Waals surface area contributed by atoms with Gasteiger partial charge in [0.05, 0.1) is 26.2 Å².